The molecule has 3 aliphatic heterocycles. The number of anilines is 1. The van der Waals surface area contributed by atoms with Crippen LogP contribution >= 0.6 is 0 Å². The standard InChI is InChI=1S/C20H23N7O6/c21-20-24-16-15(18(31)25-20)27-9-26(8-12(27)7-22-16)11-3-1-10(2-4-11)17(30)23-13(19(32)33)5-6-14(28)29/h1-4,9,12-13,15-16,22H,5-8H2,(H5-,21,23,24,25,28,29,30,31,32,33)/p+1/t12?,13-,15?,16?/m0/s1/i1D,2D,3D,4D. The number of amides is 2. The lowest BCUT2D eigenvalue weighted by Crippen LogP contribution is -2.66. The Morgan fingerprint density at radius 3 is 2.73 bits per heavy atom. The van der Waals surface area contributed by atoms with Gasteiger partial charge in [0, 0.05) is 18.5 Å². The Morgan fingerprint density at radius 1 is 1.33 bits per heavy atom. The number of nitrogens with two attached hydrogens (primary N) is 1. The third-order valence-electron chi connectivity index (χ3n) is 5.46. The van der Waals surface area contributed by atoms with E-state index in [1.54, 1.807) is 4.58 Å². The minimum Gasteiger partial charge on any atom is -0.481 e. The Kier molecular flexibility index (Phi) is 4.71. The summed E-state index contributed by atoms with van der Waals surface area (Å²) in [5.41, 5.74) is 4.83. The Bertz CT molecular complexity index is 1240. The van der Waals surface area contributed by atoms with Crippen LogP contribution in [0.2, 0.25) is 0 Å². The SMILES string of the molecule is [2H]c1c([2H])c(N2C=[N+]3C(CNC4N=C(N)NC(=O)C43)C2)c([2H])c([2H])c1C(=O)N[C@@H](CCC(=O)O)C(=O)O. The number of carboxylic acid groups (broad SMARTS) is 2. The van der Waals surface area contributed by atoms with Crippen molar-refractivity contribution in [3.63, 3.8) is 0 Å². The minimum absolute atomic E-state index is 0.0187. The molecule has 7 N–H and O–H groups in total. The number of aliphatic imine (C=N–C) groups is 1. The number of carboxylic acids is 2. The molecule has 1 aromatic carbocycles. The van der Waals surface area contributed by atoms with E-state index in [1.807, 2.05) is 0 Å². The molecule has 0 aliphatic carbocycles. The molecule has 174 valence electrons. The van der Waals surface area contributed by atoms with Crippen LogP contribution in [0.4, 0.5) is 5.69 Å². The minimum atomic E-state index is -1.60. The zero-order valence-corrected chi connectivity index (χ0v) is 17.2. The van der Waals surface area contributed by atoms with Crippen LogP contribution in [-0.2, 0) is 14.4 Å². The van der Waals surface area contributed by atoms with Crippen LogP contribution in [0.5, 0.6) is 0 Å². The van der Waals surface area contributed by atoms with Crippen LogP contribution in [0, 0.1) is 0 Å². The van der Waals surface area contributed by atoms with E-state index in [1.165, 1.54) is 11.2 Å². The number of guanidine groups is 1. The lowest BCUT2D eigenvalue weighted by Gasteiger charge is -2.34. The maximum absolute atomic E-state index is 12.8. The highest BCUT2D eigenvalue weighted by Gasteiger charge is 2.48. The number of nitrogens with one attached hydrogen (secondary N) is 3. The lowest BCUT2D eigenvalue weighted by molar-refractivity contribution is -0.586. The van der Waals surface area contributed by atoms with Crippen molar-refractivity contribution in [2.24, 2.45) is 10.7 Å². The fourth-order valence-corrected chi connectivity index (χ4v) is 3.87. The lowest BCUT2D eigenvalue weighted by atomic mass is 10.1. The van der Waals surface area contributed by atoms with Gasteiger partial charge >= 0.3 is 11.9 Å². The number of benzene rings is 1. The van der Waals surface area contributed by atoms with Gasteiger partial charge < -0.3 is 21.3 Å². The van der Waals surface area contributed by atoms with Gasteiger partial charge in [-0.3, -0.25) is 25.0 Å². The van der Waals surface area contributed by atoms with Gasteiger partial charge in [-0.25, -0.2) is 19.3 Å². The van der Waals surface area contributed by atoms with Crippen molar-refractivity contribution in [1.29, 1.82) is 0 Å². The molecule has 0 spiro atoms. The highest BCUT2D eigenvalue weighted by Crippen LogP contribution is 2.23. The summed E-state index contributed by atoms with van der Waals surface area (Å²) in [4.78, 5) is 53.2. The maximum Gasteiger partial charge on any atom is 0.326 e. The summed E-state index contributed by atoms with van der Waals surface area (Å²) in [5.74, 6) is -4.36. The first kappa shape index (κ1) is 17.5. The Balaban J connectivity index is 1.65. The molecular weight excluding hydrogens is 434 g/mol. The summed E-state index contributed by atoms with van der Waals surface area (Å²) >= 11 is 0. The molecule has 0 saturated carbocycles. The van der Waals surface area contributed by atoms with E-state index < -0.39 is 84.6 Å². The van der Waals surface area contributed by atoms with Crippen molar-refractivity contribution in [3.05, 3.63) is 29.7 Å². The van der Waals surface area contributed by atoms with Crippen LogP contribution < -0.4 is 26.6 Å². The van der Waals surface area contributed by atoms with Crippen LogP contribution in [-0.4, -0.2) is 88.2 Å². The number of fused-ring (bicyclic) bond motifs is 3. The highest BCUT2D eigenvalue weighted by molar-refractivity contribution is 6.01. The van der Waals surface area contributed by atoms with Crippen molar-refractivity contribution >= 4 is 41.7 Å². The molecular formula is C20H24N7O6+. The van der Waals surface area contributed by atoms with Gasteiger partial charge in [-0.05, 0) is 30.6 Å². The second-order valence-electron chi connectivity index (χ2n) is 7.69. The molecule has 3 aliphatic rings. The largest absolute Gasteiger partial charge is 0.481 e. The number of rotatable bonds is 7. The molecule has 0 bridgehead atoms. The normalized spacial score (nSPS) is 26.2. The molecule has 4 atom stereocenters. The van der Waals surface area contributed by atoms with Gasteiger partial charge in [0.2, 0.25) is 12.4 Å². The number of piperazine rings is 1. The molecule has 13 nitrogen and oxygen atoms in total. The number of hydrogen-bond acceptors (Lipinski definition) is 8. The van der Waals surface area contributed by atoms with Crippen LogP contribution in [0.3, 0.4) is 0 Å². The van der Waals surface area contributed by atoms with Gasteiger partial charge in [0.25, 0.3) is 11.8 Å². The van der Waals surface area contributed by atoms with Crippen LogP contribution in [0.1, 0.15) is 28.7 Å². The summed E-state index contributed by atoms with van der Waals surface area (Å²) in [6.07, 6.45) is -0.0770. The third-order valence-corrected chi connectivity index (χ3v) is 5.46. The van der Waals surface area contributed by atoms with E-state index in [4.69, 9.17) is 16.3 Å². The molecule has 2 amide bonds. The van der Waals surface area contributed by atoms with Crippen LogP contribution in [0.15, 0.2) is 29.2 Å². The number of hydrogen-bond donors (Lipinski definition) is 6. The van der Waals surface area contributed by atoms with Crippen molar-refractivity contribution < 1.29 is 39.4 Å². The van der Waals surface area contributed by atoms with E-state index in [0.29, 0.717) is 6.54 Å². The average molecular weight is 462 g/mol. The van der Waals surface area contributed by atoms with Gasteiger partial charge in [0.1, 0.15) is 24.3 Å². The topological polar surface area (TPSA) is 189 Å². The molecule has 4 rings (SSSR count). The molecule has 3 heterocycles. The van der Waals surface area contributed by atoms with Gasteiger partial charge in [-0.15, -0.1) is 0 Å². The Morgan fingerprint density at radius 2 is 2.06 bits per heavy atom. The first-order valence-corrected chi connectivity index (χ1v) is 10.0. The fraction of sp³-hybridized carbons (Fsp3) is 0.400. The Labute approximate surface area is 193 Å². The van der Waals surface area contributed by atoms with Gasteiger partial charge in [0.15, 0.2) is 12.1 Å². The molecule has 3 unspecified atom stereocenters. The Hall–Kier alpha value is -4.00. The van der Waals surface area contributed by atoms with E-state index in [-0.39, 0.29) is 24.2 Å². The fourth-order valence-electron chi connectivity index (χ4n) is 3.87. The van der Waals surface area contributed by atoms with E-state index >= 15 is 0 Å². The number of carbonyl (C=O) groups excluding carboxylic acids is 2. The van der Waals surface area contributed by atoms with E-state index in [0.717, 1.165) is 0 Å². The van der Waals surface area contributed by atoms with Crippen molar-refractivity contribution in [3.8, 4) is 0 Å². The zero-order chi connectivity index (χ0) is 27.2. The smallest absolute Gasteiger partial charge is 0.326 e. The molecule has 1 aromatic rings. The second kappa shape index (κ2) is 8.86. The predicted molar refractivity (Wildman–Crippen MR) is 115 cm³/mol. The molecule has 1 saturated heterocycles. The third kappa shape index (κ3) is 4.62. The summed E-state index contributed by atoms with van der Waals surface area (Å²) < 4.78 is 35.3. The zero-order valence-electron chi connectivity index (χ0n) is 21.2. The molecule has 1 fully saturated rings. The van der Waals surface area contributed by atoms with Crippen molar-refractivity contribution in [2.45, 2.75) is 37.1 Å². The van der Waals surface area contributed by atoms with Crippen molar-refractivity contribution in [1.82, 2.24) is 16.0 Å². The quantitative estimate of drug-likeness (QED) is 0.242. The summed E-state index contributed by atoms with van der Waals surface area (Å²) in [7, 11) is 0. The monoisotopic (exact) mass is 462 g/mol. The average Bonchev–Trinajstić information content (AvgIpc) is 3.23. The highest BCUT2D eigenvalue weighted by atomic mass is 16.4. The first-order valence-electron chi connectivity index (χ1n) is 12.0. The molecule has 13 heteroatoms. The van der Waals surface area contributed by atoms with Gasteiger partial charge in [0.05, 0.1) is 5.48 Å². The molecule has 33 heavy (non-hydrogen) atoms. The molecule has 0 aromatic heterocycles. The van der Waals surface area contributed by atoms with E-state index in [9.17, 15) is 24.3 Å². The van der Waals surface area contributed by atoms with E-state index in [2.05, 4.69) is 20.9 Å². The van der Waals surface area contributed by atoms with Gasteiger partial charge in [-0.1, -0.05) is 0 Å². The van der Waals surface area contributed by atoms with Gasteiger partial charge in [-0.2, -0.15) is 0 Å². The summed E-state index contributed by atoms with van der Waals surface area (Å²) in [6.45, 7) is 0.606. The first-order chi connectivity index (χ1) is 17.4. The number of carbonyl (C=O) groups is 4. The van der Waals surface area contributed by atoms with Crippen LogP contribution in [0.25, 0.3) is 0 Å². The second-order valence-corrected chi connectivity index (χ2v) is 7.69. The molecule has 0 radical (unpaired) electrons. The number of aliphatic carboxylic acids is 2. The maximum atomic E-state index is 12.8. The predicted octanol–water partition coefficient (Wildman–Crippen LogP) is -2.29. The van der Waals surface area contributed by atoms with Crippen molar-refractivity contribution in [2.75, 3.05) is 18.0 Å². The summed E-state index contributed by atoms with van der Waals surface area (Å²) in [6, 6.07) is -5.10. The number of nitrogens with zero attached hydrogens (tertiary/aromatic N) is 3. The summed E-state index contributed by atoms with van der Waals surface area (Å²) in [5, 5.41) is 25.8.